The molecular weight excluding hydrogens is 416 g/mol. The molecule has 2 aliphatic rings. The molecule has 1 fully saturated rings. The molecule has 1 unspecified atom stereocenters. The van der Waals surface area contributed by atoms with Gasteiger partial charge in [0.15, 0.2) is 0 Å². The van der Waals surface area contributed by atoms with Crippen LogP contribution in [0.2, 0.25) is 0 Å². The van der Waals surface area contributed by atoms with Crippen LogP contribution >= 0.6 is 0 Å². The molecule has 172 valence electrons. The molecule has 0 bridgehead atoms. The predicted molar refractivity (Wildman–Crippen MR) is 127 cm³/mol. The fraction of sp³-hybridized carbons (Fsp3) is 0.346. The fourth-order valence-electron chi connectivity index (χ4n) is 4.42. The Morgan fingerprint density at radius 1 is 0.939 bits per heavy atom. The lowest BCUT2D eigenvalue weighted by Gasteiger charge is -2.37. The molecule has 1 N–H and O–H groups in total. The number of fused-ring (bicyclic) bond motifs is 1. The van der Waals surface area contributed by atoms with Gasteiger partial charge < -0.3 is 15.1 Å². The van der Waals surface area contributed by atoms with Crippen LogP contribution in [0, 0.1) is 0 Å². The van der Waals surface area contributed by atoms with Gasteiger partial charge in [-0.05, 0) is 22.8 Å². The number of nitrogens with zero attached hydrogens (tertiary/aromatic N) is 3. The third kappa shape index (κ3) is 5.68. The number of benzene rings is 2. The molecule has 2 aliphatic heterocycles. The Labute approximate surface area is 194 Å². The maximum absolute atomic E-state index is 13.1. The molecule has 7 heteroatoms. The fourth-order valence-corrected chi connectivity index (χ4v) is 4.42. The van der Waals surface area contributed by atoms with E-state index < -0.39 is 0 Å². The van der Waals surface area contributed by atoms with Crippen LogP contribution in [0.3, 0.4) is 0 Å². The van der Waals surface area contributed by atoms with Crippen LogP contribution in [-0.2, 0) is 20.9 Å². The van der Waals surface area contributed by atoms with Crippen LogP contribution in [0.4, 0.5) is 0 Å². The van der Waals surface area contributed by atoms with Crippen molar-refractivity contribution in [3.63, 3.8) is 0 Å². The number of nitrogens with one attached hydrogen (secondary N) is 1. The third-order valence-electron chi connectivity index (χ3n) is 6.26. The Balaban J connectivity index is 1.28. The summed E-state index contributed by atoms with van der Waals surface area (Å²) >= 11 is 0. The Hall–Kier alpha value is -3.45. The Bertz CT molecular complexity index is 1030. The summed E-state index contributed by atoms with van der Waals surface area (Å²) in [6.45, 7) is 4.83. The van der Waals surface area contributed by atoms with E-state index in [9.17, 15) is 14.4 Å². The summed E-state index contributed by atoms with van der Waals surface area (Å²) in [5, 5.41) is 2.95. The minimum atomic E-state index is -0.294. The monoisotopic (exact) mass is 446 g/mol. The smallest absolute Gasteiger partial charge is 0.234 e. The van der Waals surface area contributed by atoms with E-state index in [4.69, 9.17) is 0 Å². The molecule has 4 rings (SSSR count). The largest absolute Gasteiger partial charge is 0.351 e. The highest BCUT2D eigenvalue weighted by atomic mass is 16.2. The molecule has 0 radical (unpaired) electrons. The van der Waals surface area contributed by atoms with Crippen molar-refractivity contribution < 1.29 is 14.4 Å². The maximum Gasteiger partial charge on any atom is 0.234 e. The van der Waals surface area contributed by atoms with E-state index in [2.05, 4.69) is 10.2 Å². The van der Waals surface area contributed by atoms with Gasteiger partial charge in [0.25, 0.3) is 0 Å². The Kier molecular flexibility index (Phi) is 7.19. The first-order chi connectivity index (χ1) is 16.0. The lowest BCUT2D eigenvalue weighted by molar-refractivity contribution is -0.136. The van der Waals surface area contributed by atoms with Crippen LogP contribution in [0.15, 0.2) is 60.8 Å². The van der Waals surface area contributed by atoms with E-state index in [1.165, 1.54) is 6.92 Å². The molecule has 2 aromatic carbocycles. The molecule has 2 heterocycles. The summed E-state index contributed by atoms with van der Waals surface area (Å²) in [6.07, 6.45) is 3.94. The van der Waals surface area contributed by atoms with E-state index in [1.54, 1.807) is 11.1 Å². The van der Waals surface area contributed by atoms with Crippen LogP contribution in [-0.4, -0.2) is 65.1 Å². The molecule has 3 amide bonds. The Morgan fingerprint density at radius 2 is 1.64 bits per heavy atom. The zero-order valence-electron chi connectivity index (χ0n) is 18.9. The van der Waals surface area contributed by atoms with Gasteiger partial charge in [0.1, 0.15) is 0 Å². The van der Waals surface area contributed by atoms with Crippen molar-refractivity contribution in [3.05, 3.63) is 77.5 Å². The van der Waals surface area contributed by atoms with Crippen LogP contribution in [0.1, 0.15) is 36.1 Å². The topological polar surface area (TPSA) is 73.0 Å². The van der Waals surface area contributed by atoms with Crippen LogP contribution < -0.4 is 5.32 Å². The second kappa shape index (κ2) is 10.4. The molecule has 0 saturated carbocycles. The van der Waals surface area contributed by atoms with Crippen molar-refractivity contribution in [3.8, 4) is 0 Å². The van der Waals surface area contributed by atoms with Crippen LogP contribution in [0.5, 0.6) is 0 Å². The molecule has 33 heavy (non-hydrogen) atoms. The first kappa shape index (κ1) is 22.7. The van der Waals surface area contributed by atoms with Gasteiger partial charge in [0.05, 0.1) is 19.0 Å². The lowest BCUT2D eigenvalue weighted by Crippen LogP contribution is -2.51. The number of carbonyl (C=O) groups is 3. The summed E-state index contributed by atoms with van der Waals surface area (Å²) in [6, 6.07) is 17.4. The van der Waals surface area contributed by atoms with E-state index in [0.29, 0.717) is 39.3 Å². The standard InChI is InChI=1S/C26H30N4O3/c1-20(31)30-12-11-22-9-5-6-10-23(22)24(30)17-26(33)29-15-13-28(14-16-29)19-25(32)27-18-21-7-3-2-4-8-21/h2-12,24H,13-19H2,1H3,(H,27,32). The van der Waals surface area contributed by atoms with Gasteiger partial charge in [-0.15, -0.1) is 0 Å². The van der Waals surface area contributed by atoms with E-state index in [1.807, 2.05) is 65.6 Å². The van der Waals surface area contributed by atoms with E-state index >= 15 is 0 Å². The summed E-state index contributed by atoms with van der Waals surface area (Å²) < 4.78 is 0. The van der Waals surface area contributed by atoms with Gasteiger partial charge >= 0.3 is 0 Å². The van der Waals surface area contributed by atoms with E-state index in [0.717, 1.165) is 16.7 Å². The molecule has 0 aromatic heterocycles. The molecule has 0 spiro atoms. The molecule has 0 aliphatic carbocycles. The van der Waals surface area contributed by atoms with Crippen LogP contribution in [0.25, 0.3) is 6.08 Å². The van der Waals surface area contributed by atoms with Gasteiger partial charge in [0.2, 0.25) is 17.7 Å². The van der Waals surface area contributed by atoms with Crippen molar-refractivity contribution in [2.24, 2.45) is 0 Å². The van der Waals surface area contributed by atoms with Crippen molar-refractivity contribution in [1.82, 2.24) is 20.0 Å². The van der Waals surface area contributed by atoms with Crippen molar-refractivity contribution in [2.75, 3.05) is 32.7 Å². The van der Waals surface area contributed by atoms with Gasteiger partial charge in [-0.2, -0.15) is 0 Å². The normalized spacial score (nSPS) is 18.0. The second-order valence-corrected chi connectivity index (χ2v) is 8.51. The minimum absolute atomic E-state index is 0.0127. The Morgan fingerprint density at radius 3 is 2.36 bits per heavy atom. The van der Waals surface area contributed by atoms with Crippen molar-refractivity contribution in [1.29, 1.82) is 0 Å². The predicted octanol–water partition coefficient (Wildman–Crippen LogP) is 2.41. The second-order valence-electron chi connectivity index (χ2n) is 8.51. The van der Waals surface area contributed by atoms with Crippen molar-refractivity contribution in [2.45, 2.75) is 25.9 Å². The highest BCUT2D eigenvalue weighted by Crippen LogP contribution is 2.33. The molecule has 7 nitrogen and oxygen atoms in total. The van der Waals surface area contributed by atoms with Gasteiger partial charge in [-0.3, -0.25) is 19.3 Å². The molecule has 2 aromatic rings. The van der Waals surface area contributed by atoms with Gasteiger partial charge in [-0.25, -0.2) is 0 Å². The maximum atomic E-state index is 13.1. The zero-order valence-corrected chi connectivity index (χ0v) is 18.9. The molecule has 1 atom stereocenters. The number of carbonyl (C=O) groups excluding carboxylic acids is 3. The SMILES string of the molecule is CC(=O)N1C=Cc2ccccc2C1CC(=O)N1CCN(CC(=O)NCc2ccccc2)CC1. The van der Waals surface area contributed by atoms with E-state index in [-0.39, 0.29) is 30.2 Å². The highest BCUT2D eigenvalue weighted by Gasteiger charge is 2.31. The molecule has 1 saturated heterocycles. The number of hydrogen-bond acceptors (Lipinski definition) is 4. The average Bonchev–Trinajstić information content (AvgIpc) is 2.84. The zero-order chi connectivity index (χ0) is 23.2. The summed E-state index contributed by atoms with van der Waals surface area (Å²) in [7, 11) is 0. The third-order valence-corrected chi connectivity index (χ3v) is 6.26. The first-order valence-electron chi connectivity index (χ1n) is 11.4. The first-order valence-corrected chi connectivity index (χ1v) is 11.4. The van der Waals surface area contributed by atoms with Crippen molar-refractivity contribution >= 4 is 23.8 Å². The summed E-state index contributed by atoms with van der Waals surface area (Å²) in [5.41, 5.74) is 3.11. The minimum Gasteiger partial charge on any atom is -0.351 e. The van der Waals surface area contributed by atoms with Gasteiger partial charge in [-0.1, -0.05) is 54.6 Å². The highest BCUT2D eigenvalue weighted by molar-refractivity contribution is 5.82. The quantitative estimate of drug-likeness (QED) is 0.740. The summed E-state index contributed by atoms with van der Waals surface area (Å²) in [5.74, 6) is -0.0595. The number of hydrogen-bond donors (Lipinski definition) is 1. The van der Waals surface area contributed by atoms with Gasteiger partial charge in [0, 0.05) is 45.8 Å². The number of amides is 3. The number of rotatable bonds is 6. The summed E-state index contributed by atoms with van der Waals surface area (Å²) in [4.78, 5) is 43.1. The lowest BCUT2D eigenvalue weighted by atomic mass is 9.93. The number of piperazine rings is 1. The molecular formula is C26H30N4O3. The average molecular weight is 447 g/mol.